The molecule has 2 fully saturated rings. The van der Waals surface area contributed by atoms with E-state index in [-0.39, 0.29) is 30.3 Å². The maximum Gasteiger partial charge on any atom is 0.409 e. The maximum atomic E-state index is 12.6. The first-order chi connectivity index (χ1) is 13.7. The number of aliphatic hydroxyl groups is 1. The topological polar surface area (TPSA) is 59.0 Å². The number of aliphatic hydroxyl groups excluding tert-OH is 1. The van der Waals surface area contributed by atoms with Crippen LogP contribution >= 0.6 is 0 Å². The highest BCUT2D eigenvalue weighted by Gasteiger charge is 2.49. The van der Waals surface area contributed by atoms with Crippen molar-refractivity contribution in [3.05, 3.63) is 59.7 Å². The van der Waals surface area contributed by atoms with Crippen LogP contribution in [0.1, 0.15) is 36.3 Å². The van der Waals surface area contributed by atoms with Crippen LogP contribution in [-0.2, 0) is 9.47 Å². The van der Waals surface area contributed by atoms with Crippen LogP contribution in [0.5, 0.6) is 0 Å². The Morgan fingerprint density at radius 3 is 2.39 bits per heavy atom. The van der Waals surface area contributed by atoms with Gasteiger partial charge >= 0.3 is 6.09 Å². The van der Waals surface area contributed by atoms with E-state index in [9.17, 15) is 9.90 Å². The second kappa shape index (κ2) is 6.90. The third kappa shape index (κ3) is 2.90. The van der Waals surface area contributed by atoms with Gasteiger partial charge in [-0.1, -0.05) is 48.5 Å². The van der Waals surface area contributed by atoms with Crippen molar-refractivity contribution in [1.29, 1.82) is 0 Å². The van der Waals surface area contributed by atoms with Crippen LogP contribution in [0.3, 0.4) is 0 Å². The molecule has 0 bridgehead atoms. The molecule has 0 radical (unpaired) electrons. The molecule has 2 aromatic rings. The fourth-order valence-electron chi connectivity index (χ4n) is 4.95. The molecule has 1 unspecified atom stereocenters. The van der Waals surface area contributed by atoms with E-state index in [0.717, 1.165) is 19.3 Å². The van der Waals surface area contributed by atoms with Gasteiger partial charge in [-0.15, -0.1) is 0 Å². The largest absolute Gasteiger partial charge is 0.448 e. The predicted molar refractivity (Wildman–Crippen MR) is 105 cm³/mol. The van der Waals surface area contributed by atoms with Gasteiger partial charge in [-0.25, -0.2) is 4.79 Å². The number of ether oxygens (including phenoxy) is 2. The number of benzene rings is 2. The van der Waals surface area contributed by atoms with Crippen LogP contribution < -0.4 is 0 Å². The van der Waals surface area contributed by atoms with Crippen molar-refractivity contribution >= 4 is 6.09 Å². The van der Waals surface area contributed by atoms with E-state index in [1.165, 1.54) is 22.3 Å². The Hall–Kier alpha value is -2.37. The molecule has 2 aliphatic heterocycles. The zero-order chi connectivity index (χ0) is 19.1. The zero-order valence-electron chi connectivity index (χ0n) is 15.8. The molecular formula is C23H25NO4. The van der Waals surface area contributed by atoms with E-state index >= 15 is 0 Å². The van der Waals surface area contributed by atoms with Gasteiger partial charge in [-0.05, 0) is 41.5 Å². The third-order valence-corrected chi connectivity index (χ3v) is 6.33. The van der Waals surface area contributed by atoms with Gasteiger partial charge in [-0.3, -0.25) is 0 Å². The van der Waals surface area contributed by atoms with Gasteiger partial charge in [0.25, 0.3) is 0 Å². The van der Waals surface area contributed by atoms with Gasteiger partial charge in [0.15, 0.2) is 0 Å². The minimum absolute atomic E-state index is 0.0483. The van der Waals surface area contributed by atoms with Crippen molar-refractivity contribution < 1.29 is 19.4 Å². The number of rotatable bonds is 3. The number of fused-ring (bicyclic) bond motifs is 3. The van der Waals surface area contributed by atoms with Gasteiger partial charge < -0.3 is 19.5 Å². The number of likely N-dealkylation sites (tertiary alicyclic amines) is 1. The fourth-order valence-corrected chi connectivity index (χ4v) is 4.95. The lowest BCUT2D eigenvalue weighted by molar-refractivity contribution is -0.198. The molecular weight excluding hydrogens is 354 g/mol. The molecule has 3 aliphatic rings. The van der Waals surface area contributed by atoms with Crippen molar-refractivity contribution in [2.75, 3.05) is 26.3 Å². The van der Waals surface area contributed by atoms with Crippen molar-refractivity contribution in [2.45, 2.75) is 36.9 Å². The lowest BCUT2D eigenvalue weighted by atomic mass is 9.85. The summed E-state index contributed by atoms with van der Waals surface area (Å²) in [6, 6.07) is 16.7. The molecule has 1 atom stereocenters. The number of amides is 1. The quantitative estimate of drug-likeness (QED) is 0.886. The number of carbonyl (C=O) groups is 1. The Bertz CT molecular complexity index is 844. The minimum atomic E-state index is -0.281. The normalized spacial score (nSPS) is 22.5. The summed E-state index contributed by atoms with van der Waals surface area (Å²) < 4.78 is 11.7. The smallest absolute Gasteiger partial charge is 0.409 e. The van der Waals surface area contributed by atoms with Crippen LogP contribution in [-0.4, -0.2) is 54.1 Å². The lowest BCUT2D eigenvalue weighted by Gasteiger charge is -2.52. The number of carbonyl (C=O) groups excluding carboxylic acids is 1. The van der Waals surface area contributed by atoms with Gasteiger partial charge in [0, 0.05) is 5.92 Å². The predicted octanol–water partition coefficient (Wildman–Crippen LogP) is 3.55. The summed E-state index contributed by atoms with van der Waals surface area (Å²) in [5, 5.41) is 9.35. The standard InChI is InChI=1S/C23H25NO4/c25-12-16-6-5-11-23(28-16)14-24(15-23)22(26)27-13-21-19-9-3-1-7-17(19)18-8-2-4-10-20(18)21/h1-4,7-10,16,21,25H,5-6,11-15H2. The molecule has 0 saturated carbocycles. The lowest BCUT2D eigenvalue weighted by Crippen LogP contribution is -2.67. The monoisotopic (exact) mass is 379 g/mol. The van der Waals surface area contributed by atoms with Crippen molar-refractivity contribution in [1.82, 2.24) is 4.90 Å². The highest BCUT2D eigenvalue weighted by atomic mass is 16.6. The molecule has 5 rings (SSSR count). The van der Waals surface area contributed by atoms with Crippen LogP contribution in [0.4, 0.5) is 4.79 Å². The SMILES string of the molecule is O=C(OCC1c2ccccc2-c2ccccc21)N1CC2(CCCC(CO)O2)C1. The first-order valence-corrected chi connectivity index (χ1v) is 10.1. The number of nitrogens with zero attached hydrogens (tertiary/aromatic N) is 1. The summed E-state index contributed by atoms with van der Waals surface area (Å²) in [6.07, 6.45) is 2.49. The van der Waals surface area contributed by atoms with Crippen molar-refractivity contribution in [3.63, 3.8) is 0 Å². The summed E-state index contributed by atoms with van der Waals surface area (Å²) in [5.74, 6) is 0.0799. The zero-order valence-corrected chi connectivity index (χ0v) is 15.8. The van der Waals surface area contributed by atoms with Crippen molar-refractivity contribution in [2.24, 2.45) is 0 Å². The van der Waals surface area contributed by atoms with E-state index in [1.807, 2.05) is 24.3 Å². The average Bonchev–Trinajstić information content (AvgIpc) is 3.04. The van der Waals surface area contributed by atoms with E-state index in [0.29, 0.717) is 19.7 Å². The number of hydrogen-bond donors (Lipinski definition) is 1. The Morgan fingerprint density at radius 1 is 1.11 bits per heavy atom. The molecule has 146 valence electrons. The Balaban J connectivity index is 1.23. The summed E-state index contributed by atoms with van der Waals surface area (Å²) >= 11 is 0. The van der Waals surface area contributed by atoms with Crippen LogP contribution in [0.15, 0.2) is 48.5 Å². The summed E-state index contributed by atoms with van der Waals surface area (Å²) in [6.45, 7) is 1.50. The first-order valence-electron chi connectivity index (χ1n) is 10.1. The molecule has 2 heterocycles. The van der Waals surface area contributed by atoms with Crippen LogP contribution in [0.2, 0.25) is 0 Å². The van der Waals surface area contributed by atoms with Crippen LogP contribution in [0.25, 0.3) is 11.1 Å². The molecule has 2 aromatic carbocycles. The summed E-state index contributed by atoms with van der Waals surface area (Å²) in [4.78, 5) is 14.3. The van der Waals surface area contributed by atoms with Gasteiger partial charge in [-0.2, -0.15) is 0 Å². The molecule has 5 nitrogen and oxygen atoms in total. The third-order valence-electron chi connectivity index (χ3n) is 6.33. The average molecular weight is 379 g/mol. The van der Waals surface area contributed by atoms with E-state index in [1.54, 1.807) is 4.90 Å². The molecule has 28 heavy (non-hydrogen) atoms. The second-order valence-corrected chi connectivity index (χ2v) is 8.16. The molecule has 2 saturated heterocycles. The van der Waals surface area contributed by atoms with E-state index in [2.05, 4.69) is 24.3 Å². The molecule has 1 amide bonds. The highest BCUT2D eigenvalue weighted by Crippen LogP contribution is 2.44. The minimum Gasteiger partial charge on any atom is -0.448 e. The Morgan fingerprint density at radius 2 is 1.75 bits per heavy atom. The second-order valence-electron chi connectivity index (χ2n) is 8.16. The molecule has 1 spiro atoms. The van der Waals surface area contributed by atoms with Gasteiger partial charge in [0.05, 0.1) is 25.8 Å². The van der Waals surface area contributed by atoms with Crippen LogP contribution in [0, 0.1) is 0 Å². The Kier molecular flexibility index (Phi) is 4.37. The van der Waals surface area contributed by atoms with Gasteiger partial charge in [0.1, 0.15) is 12.2 Å². The molecule has 0 aromatic heterocycles. The van der Waals surface area contributed by atoms with E-state index < -0.39 is 0 Å². The molecule has 1 N–H and O–H groups in total. The fraction of sp³-hybridized carbons (Fsp3) is 0.435. The molecule has 5 heteroatoms. The van der Waals surface area contributed by atoms with Crippen molar-refractivity contribution in [3.8, 4) is 11.1 Å². The Labute approximate surface area is 164 Å². The number of hydrogen-bond acceptors (Lipinski definition) is 4. The highest BCUT2D eigenvalue weighted by molar-refractivity contribution is 5.79. The van der Waals surface area contributed by atoms with Gasteiger partial charge in [0.2, 0.25) is 0 Å². The maximum absolute atomic E-state index is 12.6. The summed E-state index contributed by atoms with van der Waals surface area (Å²) in [7, 11) is 0. The first kappa shape index (κ1) is 17.7. The summed E-state index contributed by atoms with van der Waals surface area (Å²) in [5.41, 5.74) is 4.62. The van der Waals surface area contributed by atoms with E-state index in [4.69, 9.17) is 9.47 Å². The molecule has 1 aliphatic carbocycles.